The highest BCUT2D eigenvalue weighted by Gasteiger charge is 1.90. The molecule has 0 spiro atoms. The van der Waals surface area contributed by atoms with Crippen LogP contribution in [0.25, 0.3) is 0 Å². The lowest BCUT2D eigenvalue weighted by Crippen LogP contribution is -1.96. The van der Waals surface area contributed by atoms with Gasteiger partial charge in [-0.15, -0.1) is 0 Å². The fraction of sp³-hybridized carbons (Fsp3) is 0. The lowest BCUT2D eigenvalue weighted by Gasteiger charge is -2.05. The molecule has 1 N–H and O–H groups in total. The summed E-state index contributed by atoms with van der Waals surface area (Å²) < 4.78 is 0. The summed E-state index contributed by atoms with van der Waals surface area (Å²) in [6.07, 6.45) is 0. The molecule has 0 aliphatic rings. The van der Waals surface area contributed by atoms with E-state index in [4.69, 9.17) is 0 Å². The van der Waals surface area contributed by atoms with Crippen LogP contribution < -0.4 is 10.4 Å². The molecule has 0 bridgehead atoms. The highest BCUT2D eigenvalue weighted by Crippen LogP contribution is 2.15. The van der Waals surface area contributed by atoms with Crippen molar-refractivity contribution in [3.8, 4) is 0 Å². The van der Waals surface area contributed by atoms with Gasteiger partial charge in [0.25, 0.3) is 0 Å². The molecule has 2 aromatic rings. The topological polar surface area (TPSA) is 12.0 Å². The zero-order valence-electron chi connectivity index (χ0n) is 7.77. The van der Waals surface area contributed by atoms with Crippen LogP contribution in [0.15, 0.2) is 60.7 Å². The summed E-state index contributed by atoms with van der Waals surface area (Å²) in [5.41, 5.74) is 1.18. The first-order chi connectivity index (χ1) is 6.95. The van der Waals surface area contributed by atoms with Gasteiger partial charge in [-0.05, 0) is 17.4 Å². The number of anilines is 1. The smallest absolute Gasteiger partial charge is 0.0373 e. The maximum Gasteiger partial charge on any atom is 0.0373 e. The molecule has 0 aliphatic heterocycles. The summed E-state index contributed by atoms with van der Waals surface area (Å²) in [7, 11) is 0.632. The van der Waals surface area contributed by atoms with E-state index < -0.39 is 0 Å². The predicted octanol–water partition coefficient (Wildman–Crippen LogP) is 3.02. The van der Waals surface area contributed by atoms with E-state index in [9.17, 15) is 0 Å². The van der Waals surface area contributed by atoms with E-state index in [2.05, 4.69) is 41.5 Å². The first kappa shape index (κ1) is 9.23. The van der Waals surface area contributed by atoms with Crippen molar-refractivity contribution in [2.75, 3.05) is 5.09 Å². The molecule has 14 heavy (non-hydrogen) atoms. The van der Waals surface area contributed by atoms with Crippen LogP contribution in [-0.4, -0.2) is 0 Å². The first-order valence-corrected chi connectivity index (χ1v) is 5.57. The van der Waals surface area contributed by atoms with Crippen molar-refractivity contribution in [3.05, 3.63) is 60.7 Å². The minimum Gasteiger partial charge on any atom is -0.363 e. The van der Waals surface area contributed by atoms with Gasteiger partial charge in [0.05, 0.1) is 0 Å². The van der Waals surface area contributed by atoms with E-state index in [0.29, 0.717) is 8.73 Å². The summed E-state index contributed by atoms with van der Waals surface area (Å²) in [6, 6.07) is 20.7. The number of benzene rings is 2. The summed E-state index contributed by atoms with van der Waals surface area (Å²) in [5.74, 6) is 0. The first-order valence-electron chi connectivity index (χ1n) is 4.57. The van der Waals surface area contributed by atoms with Crippen LogP contribution in [0.4, 0.5) is 5.69 Å². The molecule has 0 amide bonds. The molecule has 0 saturated carbocycles. The second-order valence-electron chi connectivity index (χ2n) is 2.98. The molecular weight excluding hydrogens is 189 g/mol. The zero-order chi connectivity index (χ0) is 9.64. The number of para-hydroxylation sites is 1. The molecule has 1 unspecified atom stereocenters. The predicted molar refractivity (Wildman–Crippen MR) is 64.5 cm³/mol. The quantitative estimate of drug-likeness (QED) is 0.752. The lowest BCUT2D eigenvalue weighted by molar-refractivity contribution is 1.68. The molecule has 2 heteroatoms. The Morgan fingerprint density at radius 2 is 1.29 bits per heavy atom. The van der Waals surface area contributed by atoms with Crippen molar-refractivity contribution in [1.29, 1.82) is 0 Å². The van der Waals surface area contributed by atoms with Gasteiger partial charge in [-0.2, -0.15) is 0 Å². The van der Waals surface area contributed by atoms with Gasteiger partial charge in [0.2, 0.25) is 0 Å². The highest BCUT2D eigenvalue weighted by molar-refractivity contribution is 7.48. The monoisotopic (exact) mass is 201 g/mol. The lowest BCUT2D eigenvalue weighted by atomic mass is 10.3. The Hall–Kier alpha value is -1.33. The molecule has 2 rings (SSSR count). The van der Waals surface area contributed by atoms with Gasteiger partial charge in [0, 0.05) is 14.4 Å². The summed E-state index contributed by atoms with van der Waals surface area (Å²) in [6.45, 7) is 0. The fourth-order valence-electron chi connectivity index (χ4n) is 1.19. The van der Waals surface area contributed by atoms with Crippen molar-refractivity contribution in [2.45, 2.75) is 0 Å². The molecular formula is C12H12NP. The van der Waals surface area contributed by atoms with Crippen LogP contribution in [-0.2, 0) is 0 Å². The van der Waals surface area contributed by atoms with E-state index in [1.807, 2.05) is 24.3 Å². The largest absolute Gasteiger partial charge is 0.363 e. The normalized spacial score (nSPS) is 10.6. The van der Waals surface area contributed by atoms with Gasteiger partial charge in [-0.3, -0.25) is 0 Å². The number of hydrogen-bond donors (Lipinski definition) is 1. The maximum absolute atomic E-state index is 3.39. The third kappa shape index (κ3) is 2.58. The molecule has 0 aliphatic carbocycles. The third-order valence-corrected chi connectivity index (χ3v) is 2.93. The summed E-state index contributed by atoms with van der Waals surface area (Å²) in [5, 5.41) is 4.72. The van der Waals surface area contributed by atoms with Crippen LogP contribution in [0, 0.1) is 0 Å². The van der Waals surface area contributed by atoms with E-state index in [0.717, 1.165) is 0 Å². The minimum atomic E-state index is 0.632. The van der Waals surface area contributed by atoms with Gasteiger partial charge in [-0.1, -0.05) is 48.5 Å². The summed E-state index contributed by atoms with van der Waals surface area (Å²) >= 11 is 0. The molecule has 0 aromatic heterocycles. The second-order valence-corrected chi connectivity index (χ2v) is 4.06. The third-order valence-electron chi connectivity index (χ3n) is 1.90. The Morgan fingerprint density at radius 3 is 1.93 bits per heavy atom. The van der Waals surface area contributed by atoms with E-state index in [1.165, 1.54) is 11.0 Å². The molecule has 70 valence electrons. The number of hydrogen-bond acceptors (Lipinski definition) is 1. The Bertz CT molecular complexity index is 333. The molecule has 1 atom stereocenters. The summed E-state index contributed by atoms with van der Waals surface area (Å²) in [4.78, 5) is 0. The Labute approximate surface area is 86.0 Å². The van der Waals surface area contributed by atoms with Crippen molar-refractivity contribution < 1.29 is 0 Å². The minimum absolute atomic E-state index is 0.632. The average Bonchev–Trinajstić information content (AvgIpc) is 2.29. The SMILES string of the molecule is c1ccc(NPc2ccccc2)cc1. The van der Waals surface area contributed by atoms with E-state index >= 15 is 0 Å². The number of nitrogens with one attached hydrogen (secondary N) is 1. The maximum atomic E-state index is 3.39. The molecule has 0 fully saturated rings. The van der Waals surface area contributed by atoms with Gasteiger partial charge in [-0.25, -0.2) is 0 Å². The zero-order valence-corrected chi connectivity index (χ0v) is 8.77. The molecule has 0 heterocycles. The van der Waals surface area contributed by atoms with Gasteiger partial charge in [0.15, 0.2) is 0 Å². The number of rotatable bonds is 3. The average molecular weight is 201 g/mol. The highest BCUT2D eigenvalue weighted by atomic mass is 31.1. The second kappa shape index (κ2) is 4.78. The van der Waals surface area contributed by atoms with Crippen LogP contribution in [0.3, 0.4) is 0 Å². The van der Waals surface area contributed by atoms with Crippen LogP contribution in [0.1, 0.15) is 0 Å². The fourth-order valence-corrected chi connectivity index (χ4v) is 2.00. The van der Waals surface area contributed by atoms with Crippen molar-refractivity contribution in [3.63, 3.8) is 0 Å². The van der Waals surface area contributed by atoms with Gasteiger partial charge in [0.1, 0.15) is 0 Å². The van der Waals surface area contributed by atoms with Gasteiger partial charge >= 0.3 is 0 Å². The van der Waals surface area contributed by atoms with Crippen molar-refractivity contribution in [1.82, 2.24) is 0 Å². The van der Waals surface area contributed by atoms with Crippen LogP contribution in [0.2, 0.25) is 0 Å². The van der Waals surface area contributed by atoms with Crippen molar-refractivity contribution >= 4 is 19.7 Å². The van der Waals surface area contributed by atoms with E-state index in [-0.39, 0.29) is 0 Å². The molecule has 0 saturated heterocycles. The Balaban J connectivity index is 1.96. The Morgan fingerprint density at radius 1 is 0.714 bits per heavy atom. The van der Waals surface area contributed by atoms with Crippen LogP contribution in [0.5, 0.6) is 0 Å². The van der Waals surface area contributed by atoms with Gasteiger partial charge < -0.3 is 5.09 Å². The molecule has 2 aromatic carbocycles. The van der Waals surface area contributed by atoms with Crippen molar-refractivity contribution in [2.24, 2.45) is 0 Å². The molecule has 0 radical (unpaired) electrons. The standard InChI is InChI=1S/C12H12NP/c1-3-7-11(8-4-1)13-14-12-9-5-2-6-10-12/h1-10,13-14H. The van der Waals surface area contributed by atoms with E-state index in [1.54, 1.807) is 0 Å². The molecule has 1 nitrogen and oxygen atoms in total. The Kier molecular flexibility index (Phi) is 3.15. The van der Waals surface area contributed by atoms with Crippen LogP contribution >= 0.6 is 8.73 Å².